The second kappa shape index (κ2) is 6.95. The number of pyridine rings is 1. The molecule has 4 rings (SSSR count). The van der Waals surface area contributed by atoms with Gasteiger partial charge in [0.2, 0.25) is 5.91 Å². The van der Waals surface area contributed by atoms with Crippen LogP contribution in [0.2, 0.25) is 0 Å². The van der Waals surface area contributed by atoms with Crippen molar-refractivity contribution < 1.29 is 4.79 Å². The predicted molar refractivity (Wildman–Crippen MR) is 105 cm³/mol. The van der Waals surface area contributed by atoms with E-state index in [2.05, 4.69) is 15.3 Å². The first-order valence-corrected chi connectivity index (χ1v) is 9.31. The van der Waals surface area contributed by atoms with Crippen LogP contribution >= 0.6 is 0 Å². The van der Waals surface area contributed by atoms with Gasteiger partial charge in [0, 0.05) is 11.4 Å². The minimum absolute atomic E-state index is 0.228. The Kier molecular flexibility index (Phi) is 4.48. The largest absolute Gasteiger partial charge is 0.324 e. The van der Waals surface area contributed by atoms with Gasteiger partial charge in [-0.05, 0) is 62.8 Å². The van der Waals surface area contributed by atoms with Crippen molar-refractivity contribution in [2.75, 3.05) is 5.32 Å². The summed E-state index contributed by atoms with van der Waals surface area (Å²) in [6.45, 7) is 3.63. The van der Waals surface area contributed by atoms with Gasteiger partial charge in [-0.15, -0.1) is 0 Å². The molecule has 0 bridgehead atoms. The van der Waals surface area contributed by atoms with Crippen molar-refractivity contribution in [3.63, 3.8) is 0 Å². The third-order valence-electron chi connectivity index (χ3n) is 5.25. The lowest BCUT2D eigenvalue weighted by Gasteiger charge is -2.18. The van der Waals surface area contributed by atoms with E-state index in [1.165, 1.54) is 10.9 Å². The first-order valence-electron chi connectivity index (χ1n) is 9.31. The molecular formula is C21H22N4O2. The highest BCUT2D eigenvalue weighted by Gasteiger charge is 2.20. The number of fused-ring (bicyclic) bond motifs is 2. The summed E-state index contributed by atoms with van der Waals surface area (Å²) in [5, 5.41) is 3.37. The molecule has 0 saturated carbocycles. The number of carbonyl (C=O) groups excluding carboxylic acids is 1. The molecule has 2 aromatic heterocycles. The van der Waals surface area contributed by atoms with E-state index in [4.69, 9.17) is 0 Å². The number of nitrogens with one attached hydrogen (secondary N) is 1. The van der Waals surface area contributed by atoms with Crippen molar-refractivity contribution in [2.24, 2.45) is 0 Å². The first kappa shape index (κ1) is 17.4. The summed E-state index contributed by atoms with van der Waals surface area (Å²) in [5.41, 5.74) is 4.12. The molecule has 6 heteroatoms. The molecule has 3 aromatic rings. The fourth-order valence-corrected chi connectivity index (χ4v) is 3.54. The second-order valence-electron chi connectivity index (χ2n) is 7.11. The molecule has 1 aliphatic carbocycles. The Morgan fingerprint density at radius 1 is 1.22 bits per heavy atom. The lowest BCUT2D eigenvalue weighted by molar-refractivity contribution is -0.118. The number of rotatable bonds is 3. The smallest absolute Gasteiger partial charge is 0.263 e. The van der Waals surface area contributed by atoms with Gasteiger partial charge in [0.25, 0.3) is 5.56 Å². The van der Waals surface area contributed by atoms with Crippen molar-refractivity contribution in [1.82, 2.24) is 14.5 Å². The van der Waals surface area contributed by atoms with Gasteiger partial charge < -0.3 is 5.32 Å². The Morgan fingerprint density at radius 3 is 2.81 bits per heavy atom. The van der Waals surface area contributed by atoms with E-state index in [0.717, 1.165) is 48.2 Å². The van der Waals surface area contributed by atoms with Crippen LogP contribution in [0.25, 0.3) is 11.0 Å². The second-order valence-corrected chi connectivity index (χ2v) is 7.11. The molecule has 0 spiro atoms. The van der Waals surface area contributed by atoms with Crippen molar-refractivity contribution in [1.29, 1.82) is 0 Å². The molecule has 1 N–H and O–H groups in total. The third-order valence-corrected chi connectivity index (χ3v) is 5.25. The lowest BCUT2D eigenvalue weighted by Crippen LogP contribution is -2.32. The number of benzene rings is 1. The maximum Gasteiger partial charge on any atom is 0.263 e. The molecule has 1 aliphatic rings. The molecule has 0 radical (unpaired) electrons. The molecule has 138 valence electrons. The van der Waals surface area contributed by atoms with Crippen LogP contribution in [0.4, 0.5) is 5.69 Å². The van der Waals surface area contributed by atoms with Crippen molar-refractivity contribution in [3.05, 3.63) is 63.8 Å². The Labute approximate surface area is 157 Å². The SMILES string of the molecule is Cc1ccccc1NC(=O)[C@@H](C)n1cnc2nc3c(cc2c1=O)CCCC3. The summed E-state index contributed by atoms with van der Waals surface area (Å²) in [7, 11) is 0. The van der Waals surface area contributed by atoms with E-state index >= 15 is 0 Å². The van der Waals surface area contributed by atoms with Gasteiger partial charge in [0.1, 0.15) is 12.4 Å². The van der Waals surface area contributed by atoms with Gasteiger partial charge in [0.05, 0.1) is 5.39 Å². The van der Waals surface area contributed by atoms with Gasteiger partial charge in [0.15, 0.2) is 5.65 Å². The van der Waals surface area contributed by atoms with Gasteiger partial charge in [-0.1, -0.05) is 18.2 Å². The molecular weight excluding hydrogens is 340 g/mol. The quantitative estimate of drug-likeness (QED) is 0.776. The Balaban J connectivity index is 1.68. The molecule has 0 unspecified atom stereocenters. The average Bonchev–Trinajstić information content (AvgIpc) is 2.68. The number of aryl methyl sites for hydroxylation is 3. The summed E-state index contributed by atoms with van der Waals surface area (Å²) in [4.78, 5) is 34.6. The average molecular weight is 362 g/mol. The summed E-state index contributed by atoms with van der Waals surface area (Å²) < 4.78 is 1.38. The zero-order chi connectivity index (χ0) is 19.0. The van der Waals surface area contributed by atoms with E-state index in [0.29, 0.717) is 11.0 Å². The van der Waals surface area contributed by atoms with Gasteiger partial charge >= 0.3 is 0 Å². The number of hydrogen-bond donors (Lipinski definition) is 1. The summed E-state index contributed by atoms with van der Waals surface area (Å²) in [6, 6.07) is 8.79. The highest BCUT2D eigenvalue weighted by Crippen LogP contribution is 2.22. The van der Waals surface area contributed by atoms with Crippen LogP contribution in [0.3, 0.4) is 0 Å². The van der Waals surface area contributed by atoms with Crippen LogP contribution in [-0.2, 0) is 17.6 Å². The number of para-hydroxylation sites is 1. The molecule has 1 aromatic carbocycles. The van der Waals surface area contributed by atoms with E-state index in [1.807, 2.05) is 37.3 Å². The zero-order valence-electron chi connectivity index (χ0n) is 15.5. The maximum atomic E-state index is 13.0. The maximum absolute atomic E-state index is 13.0. The molecule has 0 aliphatic heterocycles. The highest BCUT2D eigenvalue weighted by molar-refractivity contribution is 5.94. The Morgan fingerprint density at radius 2 is 2.00 bits per heavy atom. The zero-order valence-corrected chi connectivity index (χ0v) is 15.5. The Bertz CT molecular complexity index is 1090. The van der Waals surface area contributed by atoms with Gasteiger partial charge in [-0.3, -0.25) is 14.2 Å². The van der Waals surface area contributed by atoms with Crippen molar-refractivity contribution in [2.45, 2.75) is 45.6 Å². The number of amides is 1. The predicted octanol–water partition coefficient (Wildman–Crippen LogP) is 3.18. The minimum atomic E-state index is -0.676. The third kappa shape index (κ3) is 3.23. The van der Waals surface area contributed by atoms with E-state index < -0.39 is 6.04 Å². The fraction of sp³-hybridized carbons (Fsp3) is 0.333. The minimum Gasteiger partial charge on any atom is -0.324 e. The summed E-state index contributed by atoms with van der Waals surface area (Å²) in [6.07, 6.45) is 5.54. The molecule has 6 nitrogen and oxygen atoms in total. The van der Waals surface area contributed by atoms with Crippen LogP contribution in [0.15, 0.2) is 41.5 Å². The normalized spacial score (nSPS) is 14.6. The molecule has 27 heavy (non-hydrogen) atoms. The van der Waals surface area contributed by atoms with Crippen LogP contribution in [-0.4, -0.2) is 20.4 Å². The fourth-order valence-electron chi connectivity index (χ4n) is 3.54. The number of hydrogen-bond acceptors (Lipinski definition) is 4. The van der Waals surface area contributed by atoms with Crippen molar-refractivity contribution in [3.8, 4) is 0 Å². The summed E-state index contributed by atoms with van der Waals surface area (Å²) in [5.74, 6) is -0.251. The van der Waals surface area contributed by atoms with E-state index in [-0.39, 0.29) is 11.5 Å². The highest BCUT2D eigenvalue weighted by atomic mass is 16.2. The van der Waals surface area contributed by atoms with Crippen LogP contribution in [0.5, 0.6) is 0 Å². The monoisotopic (exact) mass is 362 g/mol. The summed E-state index contributed by atoms with van der Waals surface area (Å²) >= 11 is 0. The van der Waals surface area contributed by atoms with E-state index in [1.54, 1.807) is 6.92 Å². The number of carbonyl (C=O) groups is 1. The topological polar surface area (TPSA) is 76.9 Å². The number of anilines is 1. The number of aromatic nitrogens is 3. The molecule has 1 atom stereocenters. The molecule has 0 saturated heterocycles. The molecule has 0 fully saturated rings. The molecule has 2 heterocycles. The molecule has 1 amide bonds. The Hall–Kier alpha value is -3.02. The lowest BCUT2D eigenvalue weighted by atomic mass is 9.95. The standard InChI is InChI=1S/C21H22N4O2/c1-13-7-3-5-9-17(13)24-20(26)14(2)25-12-22-19-16(21(25)27)11-15-8-4-6-10-18(15)23-19/h3,5,7,9,11-12,14H,4,6,8,10H2,1-2H3,(H,24,26)/t14-/m1/s1. The van der Waals surface area contributed by atoms with Crippen molar-refractivity contribution >= 4 is 22.6 Å². The van der Waals surface area contributed by atoms with Gasteiger partial charge in [-0.25, -0.2) is 9.97 Å². The van der Waals surface area contributed by atoms with Crippen LogP contribution in [0.1, 0.15) is 42.6 Å². The van der Waals surface area contributed by atoms with Crippen LogP contribution in [0, 0.1) is 6.92 Å². The van der Waals surface area contributed by atoms with Crippen LogP contribution < -0.4 is 10.9 Å². The van der Waals surface area contributed by atoms with Gasteiger partial charge in [-0.2, -0.15) is 0 Å². The first-order chi connectivity index (χ1) is 13.0. The van der Waals surface area contributed by atoms with E-state index in [9.17, 15) is 9.59 Å². The number of nitrogens with zero attached hydrogens (tertiary/aromatic N) is 3.